The van der Waals surface area contributed by atoms with Crippen molar-refractivity contribution < 1.29 is 48.4 Å². The predicted molar refractivity (Wildman–Crippen MR) is 218 cm³/mol. The van der Waals surface area contributed by atoms with Gasteiger partial charge in [-0.3, -0.25) is 19.3 Å². The summed E-state index contributed by atoms with van der Waals surface area (Å²) in [6.07, 6.45) is -0.802. The molecule has 5 N–H and O–H groups in total. The van der Waals surface area contributed by atoms with Crippen LogP contribution in [0.1, 0.15) is 66.3 Å². The molecule has 4 amide bonds. The minimum Gasteiger partial charge on any atom is -0.491 e. The molecule has 0 unspecified atom stereocenters. The van der Waals surface area contributed by atoms with E-state index in [2.05, 4.69) is 17.2 Å². The summed E-state index contributed by atoms with van der Waals surface area (Å²) in [6, 6.07) is 24.2. The smallest absolute Gasteiger partial charge is 0.329 e. The number of carbonyl (C=O) groups is 5. The highest BCUT2D eigenvalue weighted by Crippen LogP contribution is 2.65. The number of methoxy groups -OCH3 is 1. The van der Waals surface area contributed by atoms with Crippen molar-refractivity contribution in [1.82, 2.24) is 10.2 Å². The molecule has 2 fully saturated rings. The largest absolute Gasteiger partial charge is 0.491 e. The highest BCUT2D eigenvalue weighted by atomic mass is 16.6. The molecule has 0 saturated carbocycles. The molecule has 4 aromatic carbocycles. The lowest BCUT2D eigenvalue weighted by molar-refractivity contribution is -0.178. The predicted octanol–water partition coefficient (Wildman–Crippen LogP) is 3.85. The van der Waals surface area contributed by atoms with Crippen molar-refractivity contribution in [2.75, 3.05) is 31.8 Å². The highest BCUT2D eigenvalue weighted by Gasteiger charge is 2.75. The van der Waals surface area contributed by atoms with E-state index in [9.17, 15) is 29.4 Å². The summed E-state index contributed by atoms with van der Waals surface area (Å²) in [7, 11) is 1.19. The average Bonchev–Trinajstić information content (AvgIpc) is 3.71. The van der Waals surface area contributed by atoms with Crippen molar-refractivity contribution >= 4 is 35.5 Å². The third-order valence-corrected chi connectivity index (χ3v) is 11.4. The number of nitrogens with one attached hydrogen (secondary N) is 1. The second-order valence-corrected chi connectivity index (χ2v) is 15.2. The Labute approximate surface area is 347 Å². The van der Waals surface area contributed by atoms with E-state index in [1.54, 1.807) is 50.2 Å². The van der Waals surface area contributed by atoms with E-state index in [4.69, 9.17) is 19.9 Å². The van der Waals surface area contributed by atoms with Crippen LogP contribution in [0.25, 0.3) is 0 Å². The van der Waals surface area contributed by atoms with Crippen molar-refractivity contribution in [1.29, 1.82) is 0 Å². The van der Waals surface area contributed by atoms with Crippen LogP contribution in [-0.4, -0.2) is 83.9 Å². The number of hydrogen-bond acceptors (Lipinski definition) is 11. The first kappa shape index (κ1) is 41.6. The molecule has 7 atom stereocenters. The first-order valence-electron chi connectivity index (χ1n) is 19.7. The molecule has 310 valence electrons. The Hall–Kier alpha value is -6.53. The standard InChI is InChI=1S/C46H46N4O10/c1-27(2)36(42(54)58-3)48-45(57)49-34-21-20-28(13-10-11-22-51)25-33(34)46(44(49)56)35(41(47)53)38-43(55)60-39(30-16-8-5-9-17-30)37(29-14-6-4-7-15-29)50(38)40(46)31-18-12-19-32(26-31)59-24-23-52/h4-9,12,14-21,25-27,35-40,51-52H,11,22-24H2,1-3H3,(H2,47,53)(H,48,57)/t35-,36-,37-,38-,39+,40+,46-/m0/s1. The summed E-state index contributed by atoms with van der Waals surface area (Å²) in [4.78, 5) is 75.6. The summed E-state index contributed by atoms with van der Waals surface area (Å²) in [5.74, 6) is 0.692. The number of ether oxygens (including phenoxy) is 3. The molecule has 0 bridgehead atoms. The van der Waals surface area contributed by atoms with Crippen LogP contribution in [0.2, 0.25) is 0 Å². The fraction of sp³-hybridized carbons (Fsp3) is 0.326. The van der Waals surface area contributed by atoms with E-state index < -0.39 is 77.3 Å². The number of cyclic esters (lactones) is 1. The van der Waals surface area contributed by atoms with Gasteiger partial charge in [0.1, 0.15) is 36.0 Å². The number of aliphatic hydroxyl groups is 2. The number of esters is 2. The van der Waals surface area contributed by atoms with Gasteiger partial charge in [-0.1, -0.05) is 98.5 Å². The van der Waals surface area contributed by atoms with E-state index in [0.717, 1.165) is 4.90 Å². The Morgan fingerprint density at radius 3 is 2.20 bits per heavy atom. The summed E-state index contributed by atoms with van der Waals surface area (Å²) < 4.78 is 17.2. The van der Waals surface area contributed by atoms with Crippen LogP contribution in [0.15, 0.2) is 103 Å². The maximum atomic E-state index is 16.0. The zero-order valence-corrected chi connectivity index (χ0v) is 33.3. The first-order chi connectivity index (χ1) is 29.0. The monoisotopic (exact) mass is 814 g/mol. The van der Waals surface area contributed by atoms with Crippen molar-refractivity contribution in [2.24, 2.45) is 17.6 Å². The number of morpholine rings is 1. The number of hydrogen-bond donors (Lipinski definition) is 4. The zero-order valence-electron chi connectivity index (χ0n) is 33.3. The zero-order chi connectivity index (χ0) is 42.7. The van der Waals surface area contributed by atoms with Gasteiger partial charge in [-0.25, -0.2) is 14.5 Å². The highest BCUT2D eigenvalue weighted by molar-refractivity contribution is 6.25. The lowest BCUT2D eigenvalue weighted by Crippen LogP contribution is -2.57. The number of nitrogens with two attached hydrogens (primary N) is 1. The number of imide groups is 1. The van der Waals surface area contributed by atoms with E-state index in [-0.39, 0.29) is 37.5 Å². The van der Waals surface area contributed by atoms with Gasteiger partial charge in [0.05, 0.1) is 44.0 Å². The molecule has 4 aromatic rings. The second kappa shape index (κ2) is 17.4. The van der Waals surface area contributed by atoms with Crippen LogP contribution >= 0.6 is 0 Å². The number of carbonyl (C=O) groups excluding carboxylic acids is 5. The fourth-order valence-corrected chi connectivity index (χ4v) is 9.00. The fourth-order valence-electron chi connectivity index (χ4n) is 9.00. The van der Waals surface area contributed by atoms with Crippen molar-refractivity contribution in [2.45, 2.75) is 56.0 Å². The van der Waals surface area contributed by atoms with Gasteiger partial charge in [0, 0.05) is 12.0 Å². The van der Waals surface area contributed by atoms with E-state index in [0.29, 0.717) is 28.0 Å². The quantitative estimate of drug-likeness (QED) is 0.127. The lowest BCUT2D eigenvalue weighted by Gasteiger charge is -2.46. The van der Waals surface area contributed by atoms with Crippen LogP contribution < -0.4 is 20.7 Å². The van der Waals surface area contributed by atoms with Crippen molar-refractivity contribution in [3.05, 3.63) is 131 Å². The van der Waals surface area contributed by atoms with Gasteiger partial charge in [0.15, 0.2) is 0 Å². The van der Waals surface area contributed by atoms with Crippen molar-refractivity contribution in [3.8, 4) is 17.6 Å². The van der Waals surface area contributed by atoms with Crippen LogP contribution in [0, 0.1) is 23.7 Å². The number of amides is 4. The molecule has 14 heteroatoms. The number of rotatable bonds is 11. The molecule has 3 aliphatic heterocycles. The molecule has 1 spiro atoms. The third kappa shape index (κ3) is 7.14. The Balaban J connectivity index is 1.56. The number of nitrogens with zero attached hydrogens (tertiary/aromatic N) is 2. The van der Waals surface area contributed by atoms with E-state index in [1.165, 1.54) is 13.2 Å². The van der Waals surface area contributed by atoms with Gasteiger partial charge in [-0.05, 0) is 58.5 Å². The molecule has 0 aromatic heterocycles. The number of aliphatic hydroxyl groups excluding tert-OH is 2. The van der Waals surface area contributed by atoms with Crippen LogP contribution in [-0.2, 0) is 34.1 Å². The minimum atomic E-state index is -2.12. The van der Waals surface area contributed by atoms with Crippen molar-refractivity contribution in [3.63, 3.8) is 0 Å². The van der Waals surface area contributed by atoms with Gasteiger partial charge < -0.3 is 35.5 Å². The van der Waals surface area contributed by atoms with Crippen LogP contribution in [0.4, 0.5) is 10.5 Å². The maximum Gasteiger partial charge on any atom is 0.329 e. The normalized spacial score (nSPS) is 23.6. The average molecular weight is 815 g/mol. The van der Waals surface area contributed by atoms with Gasteiger partial charge in [0.2, 0.25) is 11.8 Å². The summed E-state index contributed by atoms with van der Waals surface area (Å²) >= 11 is 0. The number of anilines is 1. The SMILES string of the molecule is COC(=O)[C@@H](NC(=O)N1C(=O)[C@@]2(c3cc(C#CCCO)ccc31)[C@H](C(N)=O)[C@H]1C(=O)O[C@H](c3ccccc3)[C@H](c3ccccc3)N1[C@@H]2c1cccc(OCCO)c1)C(C)C. The molecule has 60 heavy (non-hydrogen) atoms. The lowest BCUT2D eigenvalue weighted by atomic mass is 9.65. The number of benzene rings is 4. The topological polar surface area (TPSA) is 198 Å². The number of fused-ring (bicyclic) bond motifs is 3. The molecule has 7 rings (SSSR count). The molecule has 0 radical (unpaired) electrons. The van der Waals surface area contributed by atoms with Crippen LogP contribution in [0.3, 0.4) is 0 Å². The van der Waals surface area contributed by atoms with Crippen LogP contribution in [0.5, 0.6) is 5.75 Å². The third-order valence-electron chi connectivity index (χ3n) is 11.4. The number of urea groups is 1. The maximum absolute atomic E-state index is 16.0. The van der Waals surface area contributed by atoms with Gasteiger partial charge in [0.25, 0.3) is 0 Å². The molecular formula is C46H46N4O10. The molecule has 0 aliphatic carbocycles. The second-order valence-electron chi connectivity index (χ2n) is 15.2. The summed E-state index contributed by atoms with van der Waals surface area (Å²) in [5.41, 5.74) is 6.73. The first-order valence-corrected chi connectivity index (χ1v) is 19.7. The molecule has 14 nitrogen and oxygen atoms in total. The van der Waals surface area contributed by atoms with Gasteiger partial charge >= 0.3 is 18.0 Å². The van der Waals surface area contributed by atoms with Gasteiger partial charge in [-0.15, -0.1) is 0 Å². The molecule has 3 aliphatic rings. The van der Waals surface area contributed by atoms with E-state index >= 15 is 4.79 Å². The van der Waals surface area contributed by atoms with E-state index in [1.807, 2.05) is 65.6 Å². The summed E-state index contributed by atoms with van der Waals surface area (Å²) in [6.45, 7) is 2.88. The molecular weight excluding hydrogens is 769 g/mol. The minimum absolute atomic E-state index is 0.0483. The Kier molecular flexibility index (Phi) is 12.0. The molecule has 3 heterocycles. The Bertz CT molecular complexity index is 2340. The Morgan fingerprint density at radius 2 is 1.57 bits per heavy atom. The molecule has 2 saturated heterocycles. The summed E-state index contributed by atoms with van der Waals surface area (Å²) in [5, 5.41) is 21.8. The Morgan fingerprint density at radius 1 is 0.883 bits per heavy atom. The number of primary amides is 1. The van der Waals surface area contributed by atoms with Gasteiger partial charge in [-0.2, -0.15) is 0 Å².